The Hall–Kier alpha value is -4.89. The monoisotopic (exact) mass is 657 g/mol. The molecule has 1 fully saturated rings. The number of nitrogens with two attached hydrogens (primary N) is 3. The lowest BCUT2D eigenvalue weighted by atomic mass is 10.1. The van der Waals surface area contributed by atoms with Crippen LogP contribution in [0.15, 0.2) is 0 Å². The van der Waals surface area contributed by atoms with E-state index in [4.69, 9.17) is 17.2 Å². The number of nitrogens with zero attached hydrogens (tertiary/aromatic N) is 1. The summed E-state index contributed by atoms with van der Waals surface area (Å²) in [6.45, 7) is -3.32. The van der Waals surface area contributed by atoms with Crippen LogP contribution in [0.25, 0.3) is 0 Å². The van der Waals surface area contributed by atoms with E-state index in [1.807, 2.05) is 0 Å². The fourth-order valence-corrected chi connectivity index (χ4v) is 4.06. The number of primary amides is 1. The van der Waals surface area contributed by atoms with Crippen molar-refractivity contribution in [2.45, 2.75) is 43.8 Å². The van der Waals surface area contributed by atoms with Crippen molar-refractivity contribution in [2.24, 2.45) is 17.2 Å². The van der Waals surface area contributed by atoms with Crippen molar-refractivity contribution in [1.82, 2.24) is 42.1 Å². The molecule has 258 valence electrons. The molecule has 1 aliphatic heterocycles. The number of carbonyl (C=O) groups is 9. The second-order valence-corrected chi connectivity index (χ2v) is 9.97. The summed E-state index contributed by atoms with van der Waals surface area (Å²) in [6, 6.07) is -3.30. The zero-order valence-corrected chi connectivity index (χ0v) is 25.2. The lowest BCUT2D eigenvalue weighted by Crippen LogP contribution is -2.55. The molecule has 0 unspecified atom stereocenters. The molecule has 46 heavy (non-hydrogen) atoms. The van der Waals surface area contributed by atoms with E-state index in [9.17, 15) is 48.3 Å². The Morgan fingerprint density at radius 1 is 0.696 bits per heavy atom. The third-order valence-corrected chi connectivity index (χ3v) is 6.42. The Morgan fingerprint density at radius 3 is 1.65 bits per heavy atom. The summed E-state index contributed by atoms with van der Waals surface area (Å²) in [4.78, 5) is 109. The smallest absolute Gasteiger partial charge is 0.245 e. The van der Waals surface area contributed by atoms with Crippen LogP contribution in [0.2, 0.25) is 0 Å². The maximum atomic E-state index is 13.0. The molecule has 0 aromatic heterocycles. The molecule has 1 saturated heterocycles. The molecule has 0 radical (unpaired) electrons. The van der Waals surface area contributed by atoms with E-state index >= 15 is 0 Å². The van der Waals surface area contributed by atoms with E-state index in [-0.39, 0.29) is 19.5 Å². The highest BCUT2D eigenvalue weighted by Gasteiger charge is 2.36. The summed E-state index contributed by atoms with van der Waals surface area (Å²) in [5.41, 5.74) is 16.0. The third-order valence-electron chi connectivity index (χ3n) is 6.42. The number of nitrogens with one attached hydrogen (secondary N) is 7. The van der Waals surface area contributed by atoms with E-state index < -0.39 is 111 Å². The van der Waals surface area contributed by atoms with Gasteiger partial charge in [-0.15, -0.1) is 0 Å². The minimum absolute atomic E-state index is 0.175. The fraction of sp³-hybridized carbons (Fsp3) is 0.640. The fourth-order valence-electron chi connectivity index (χ4n) is 4.06. The van der Waals surface area contributed by atoms with Crippen molar-refractivity contribution >= 4 is 53.2 Å². The van der Waals surface area contributed by atoms with Crippen molar-refractivity contribution in [3.05, 3.63) is 0 Å². The first-order chi connectivity index (χ1) is 21.8. The van der Waals surface area contributed by atoms with Crippen LogP contribution in [0.4, 0.5) is 0 Å². The van der Waals surface area contributed by atoms with E-state index in [1.54, 1.807) is 0 Å². The van der Waals surface area contributed by atoms with Gasteiger partial charge in [0.25, 0.3) is 0 Å². The van der Waals surface area contributed by atoms with Gasteiger partial charge in [-0.05, 0) is 32.2 Å². The second-order valence-electron chi connectivity index (χ2n) is 9.97. The average Bonchev–Trinajstić information content (AvgIpc) is 3.54. The predicted octanol–water partition coefficient (Wildman–Crippen LogP) is -8.30. The van der Waals surface area contributed by atoms with E-state index in [1.165, 1.54) is 4.90 Å². The van der Waals surface area contributed by atoms with Gasteiger partial charge in [0, 0.05) is 6.54 Å². The molecular weight excluding hydrogens is 614 g/mol. The van der Waals surface area contributed by atoms with E-state index in [0.717, 1.165) is 0 Å². The van der Waals surface area contributed by atoms with Gasteiger partial charge in [0.05, 0.1) is 45.9 Å². The Balaban J connectivity index is 2.45. The molecular formula is C25H43N11O10. The Kier molecular flexibility index (Phi) is 17.8. The van der Waals surface area contributed by atoms with Gasteiger partial charge in [-0.25, -0.2) is 0 Å². The summed E-state index contributed by atoms with van der Waals surface area (Å²) < 4.78 is 0. The zero-order valence-electron chi connectivity index (χ0n) is 25.2. The van der Waals surface area contributed by atoms with Gasteiger partial charge < -0.3 is 64.4 Å². The van der Waals surface area contributed by atoms with Crippen molar-refractivity contribution < 1.29 is 48.3 Å². The van der Waals surface area contributed by atoms with Gasteiger partial charge in [0.1, 0.15) is 18.1 Å². The van der Waals surface area contributed by atoms with Crippen LogP contribution in [0.5, 0.6) is 0 Å². The molecule has 0 spiro atoms. The quantitative estimate of drug-likeness (QED) is 0.0581. The van der Waals surface area contributed by atoms with Gasteiger partial charge in [-0.1, -0.05) is 0 Å². The predicted molar refractivity (Wildman–Crippen MR) is 157 cm³/mol. The molecule has 1 heterocycles. The minimum atomic E-state index is -1.49. The van der Waals surface area contributed by atoms with Crippen molar-refractivity contribution in [1.29, 1.82) is 0 Å². The Morgan fingerprint density at radius 2 is 1.17 bits per heavy atom. The standard InChI is InChI=1S/C25H43N11O10/c26-5-1-3-14(25(46)36-6-2-4-16(36)23(28)44)34-22(43)12-33-24(45)15(13-37)35-21(42)11-32-20(41)10-31-19(40)9-30-18(39)8-29-17(38)7-27/h14-16,37H,1-13,26-27H2,(H2,28,44)(H,29,38)(H,30,39)(H,31,40)(H,32,41)(H,33,45)(H,34,43)(H,35,42)/t14-,15-,16-/m0/s1. The maximum absolute atomic E-state index is 13.0. The topological polar surface area (TPSA) is 339 Å². The van der Waals surface area contributed by atoms with Crippen LogP contribution in [0.3, 0.4) is 0 Å². The molecule has 3 atom stereocenters. The van der Waals surface area contributed by atoms with Crippen LogP contribution in [-0.4, -0.2) is 140 Å². The first kappa shape index (κ1) is 39.1. The highest BCUT2D eigenvalue weighted by atomic mass is 16.3. The lowest BCUT2D eigenvalue weighted by Gasteiger charge is -2.28. The van der Waals surface area contributed by atoms with Crippen molar-refractivity contribution in [3.8, 4) is 0 Å². The SMILES string of the molecule is NCCC[C@H](NC(=O)CNC(=O)[C@H](CO)NC(=O)CNC(=O)CNC(=O)CNC(=O)CNC(=O)CN)C(=O)N1CCC[C@H]1C(N)=O. The first-order valence-electron chi connectivity index (χ1n) is 14.4. The molecule has 1 aliphatic rings. The normalized spacial score (nSPS) is 15.0. The van der Waals surface area contributed by atoms with Crippen LogP contribution < -0.4 is 54.4 Å². The molecule has 0 bridgehead atoms. The first-order valence-corrected chi connectivity index (χ1v) is 14.4. The lowest BCUT2D eigenvalue weighted by molar-refractivity contribution is -0.140. The van der Waals surface area contributed by atoms with Gasteiger partial charge >= 0.3 is 0 Å². The van der Waals surface area contributed by atoms with Crippen molar-refractivity contribution in [2.75, 3.05) is 59.0 Å². The van der Waals surface area contributed by atoms with Gasteiger partial charge in [0.2, 0.25) is 53.2 Å². The van der Waals surface area contributed by atoms with Crippen molar-refractivity contribution in [3.63, 3.8) is 0 Å². The summed E-state index contributed by atoms with van der Waals surface area (Å²) in [7, 11) is 0. The average molecular weight is 658 g/mol. The molecule has 0 aromatic rings. The molecule has 1 rings (SSSR count). The third kappa shape index (κ3) is 14.7. The number of likely N-dealkylation sites (tertiary alicyclic amines) is 1. The van der Waals surface area contributed by atoms with E-state index in [0.29, 0.717) is 25.8 Å². The number of rotatable bonds is 20. The summed E-state index contributed by atoms with van der Waals surface area (Å²) in [5, 5.41) is 25.2. The van der Waals surface area contributed by atoms with Gasteiger partial charge in [0.15, 0.2) is 0 Å². The molecule has 0 aliphatic carbocycles. The number of amides is 9. The number of carbonyl (C=O) groups excluding carboxylic acids is 9. The number of hydrogen-bond donors (Lipinski definition) is 11. The highest BCUT2D eigenvalue weighted by Crippen LogP contribution is 2.19. The number of hydrogen-bond acceptors (Lipinski definition) is 12. The zero-order chi connectivity index (χ0) is 34.6. The molecule has 9 amide bonds. The minimum Gasteiger partial charge on any atom is -0.394 e. The van der Waals surface area contributed by atoms with Crippen LogP contribution >= 0.6 is 0 Å². The number of aliphatic hydroxyl groups is 1. The van der Waals surface area contributed by atoms with Crippen LogP contribution in [0, 0.1) is 0 Å². The number of aliphatic hydroxyl groups excluding tert-OH is 1. The van der Waals surface area contributed by atoms with Gasteiger partial charge in [-0.3, -0.25) is 43.2 Å². The summed E-state index contributed by atoms with van der Waals surface area (Å²) in [6.07, 6.45) is 1.54. The molecule has 14 N–H and O–H groups in total. The summed E-state index contributed by atoms with van der Waals surface area (Å²) >= 11 is 0. The molecule has 21 nitrogen and oxygen atoms in total. The van der Waals surface area contributed by atoms with Crippen LogP contribution in [-0.2, 0) is 43.2 Å². The maximum Gasteiger partial charge on any atom is 0.245 e. The van der Waals surface area contributed by atoms with Crippen LogP contribution in [0.1, 0.15) is 25.7 Å². The molecule has 0 saturated carbocycles. The summed E-state index contributed by atoms with van der Waals surface area (Å²) in [5.74, 6) is -6.49. The molecule has 21 heteroatoms. The highest BCUT2D eigenvalue weighted by molar-refractivity contribution is 5.95. The Labute approximate surface area is 263 Å². The Bertz CT molecular complexity index is 1140. The van der Waals surface area contributed by atoms with Gasteiger partial charge in [-0.2, -0.15) is 0 Å². The van der Waals surface area contributed by atoms with E-state index in [2.05, 4.69) is 37.2 Å². The largest absolute Gasteiger partial charge is 0.394 e. The second kappa shape index (κ2) is 21.0. The molecule has 0 aromatic carbocycles.